The van der Waals surface area contributed by atoms with E-state index in [1.54, 1.807) is 12.3 Å². The number of amides is 1. The average Bonchev–Trinajstić information content (AvgIpc) is 2.74. The Bertz CT molecular complexity index is 1010. The van der Waals surface area contributed by atoms with Crippen molar-refractivity contribution in [3.05, 3.63) is 83.6 Å². The largest absolute Gasteiger partial charge is 0.368 e. The van der Waals surface area contributed by atoms with Gasteiger partial charge >= 0.3 is 0 Å². The Morgan fingerprint density at radius 3 is 2.34 bits per heavy atom. The fraction of sp³-hybridized carbons (Fsp3) is 0.250. The zero-order valence-corrected chi connectivity index (χ0v) is 16.9. The molecule has 1 aliphatic rings. The lowest BCUT2D eigenvalue weighted by molar-refractivity contribution is 0.0746. The first-order valence-corrected chi connectivity index (χ1v) is 9.99. The summed E-state index contributed by atoms with van der Waals surface area (Å²) in [5, 5.41) is 3.29. The first-order valence-electron chi connectivity index (χ1n) is 9.99. The molecule has 5 nitrogen and oxygen atoms in total. The molecule has 3 aromatic rings. The molecule has 1 fully saturated rings. The van der Waals surface area contributed by atoms with Gasteiger partial charge in [0.15, 0.2) is 0 Å². The van der Waals surface area contributed by atoms with Gasteiger partial charge in [-0.15, -0.1) is 0 Å². The Morgan fingerprint density at radius 2 is 1.62 bits per heavy atom. The summed E-state index contributed by atoms with van der Waals surface area (Å²) in [6, 6.07) is 20.2. The van der Waals surface area contributed by atoms with Crippen molar-refractivity contribution in [2.75, 3.05) is 36.4 Å². The molecule has 1 aliphatic heterocycles. The predicted molar refractivity (Wildman–Crippen MR) is 118 cm³/mol. The maximum Gasteiger partial charge on any atom is 0.254 e. The molecule has 0 atom stereocenters. The first kappa shape index (κ1) is 19.0. The number of carbonyl (C=O) groups is 1. The van der Waals surface area contributed by atoms with Gasteiger partial charge in [-0.1, -0.05) is 24.3 Å². The van der Waals surface area contributed by atoms with Gasteiger partial charge in [0.05, 0.1) is 0 Å². The number of hydrogen-bond donors (Lipinski definition) is 1. The molecule has 0 saturated carbocycles. The van der Waals surface area contributed by atoms with Gasteiger partial charge in [-0.3, -0.25) is 4.79 Å². The summed E-state index contributed by atoms with van der Waals surface area (Å²) in [4.78, 5) is 21.6. The molecule has 0 unspecified atom stereocenters. The second-order valence-electron chi connectivity index (χ2n) is 7.54. The van der Waals surface area contributed by atoms with E-state index in [9.17, 15) is 4.79 Å². The Morgan fingerprint density at radius 1 is 0.897 bits per heavy atom. The Hall–Kier alpha value is -3.34. The van der Waals surface area contributed by atoms with Crippen LogP contribution in [0.15, 0.2) is 66.9 Å². The van der Waals surface area contributed by atoms with Crippen LogP contribution in [0.1, 0.15) is 21.5 Å². The van der Waals surface area contributed by atoms with Gasteiger partial charge in [0.2, 0.25) is 0 Å². The zero-order chi connectivity index (χ0) is 20.2. The predicted octanol–water partition coefficient (Wildman–Crippen LogP) is 4.40. The minimum Gasteiger partial charge on any atom is -0.368 e. The molecule has 1 amide bonds. The van der Waals surface area contributed by atoms with Gasteiger partial charge in [0.1, 0.15) is 5.82 Å². The van der Waals surface area contributed by atoms with Gasteiger partial charge < -0.3 is 15.1 Å². The van der Waals surface area contributed by atoms with Crippen molar-refractivity contribution in [1.82, 2.24) is 9.88 Å². The number of nitrogens with zero attached hydrogens (tertiary/aromatic N) is 3. The molecule has 1 aromatic heterocycles. The van der Waals surface area contributed by atoms with Crippen molar-refractivity contribution >= 4 is 23.1 Å². The van der Waals surface area contributed by atoms with Crippen LogP contribution in [0.4, 0.5) is 17.2 Å². The number of hydrogen-bond acceptors (Lipinski definition) is 4. The molecular formula is C24H26N4O. The summed E-state index contributed by atoms with van der Waals surface area (Å²) in [6.45, 7) is 7.28. The SMILES string of the molecule is Cc1cccc(Nc2cc(C(=O)N3CCN(c4cccc(C)c4)CC3)ccn2)c1. The summed E-state index contributed by atoms with van der Waals surface area (Å²) in [5.74, 6) is 0.739. The number of aryl methyl sites for hydroxylation is 2. The van der Waals surface area contributed by atoms with Crippen molar-refractivity contribution < 1.29 is 4.79 Å². The number of benzene rings is 2. The van der Waals surface area contributed by atoms with Gasteiger partial charge in [-0.25, -0.2) is 4.98 Å². The van der Waals surface area contributed by atoms with Crippen LogP contribution in [0.25, 0.3) is 0 Å². The Balaban J connectivity index is 1.41. The van der Waals surface area contributed by atoms with Crippen LogP contribution in [-0.2, 0) is 0 Å². The monoisotopic (exact) mass is 386 g/mol. The normalized spacial score (nSPS) is 14.0. The molecule has 2 heterocycles. The van der Waals surface area contributed by atoms with Gasteiger partial charge in [0, 0.05) is 49.3 Å². The highest BCUT2D eigenvalue weighted by molar-refractivity contribution is 5.95. The Kier molecular flexibility index (Phi) is 5.47. The van der Waals surface area contributed by atoms with Crippen LogP contribution in [0.3, 0.4) is 0 Å². The van der Waals surface area contributed by atoms with Crippen LogP contribution >= 0.6 is 0 Å². The van der Waals surface area contributed by atoms with Crippen LogP contribution < -0.4 is 10.2 Å². The molecule has 1 saturated heterocycles. The number of carbonyl (C=O) groups excluding carboxylic acids is 1. The van der Waals surface area contributed by atoms with E-state index in [0.717, 1.165) is 31.9 Å². The summed E-state index contributed by atoms with van der Waals surface area (Å²) < 4.78 is 0. The molecule has 1 N–H and O–H groups in total. The van der Waals surface area contributed by atoms with E-state index in [1.165, 1.54) is 16.8 Å². The number of nitrogens with one attached hydrogen (secondary N) is 1. The van der Waals surface area contributed by atoms with Gasteiger partial charge in [-0.05, 0) is 61.4 Å². The van der Waals surface area contributed by atoms with E-state index in [-0.39, 0.29) is 5.91 Å². The van der Waals surface area contributed by atoms with Crippen molar-refractivity contribution in [2.45, 2.75) is 13.8 Å². The van der Waals surface area contributed by atoms with Crippen LogP contribution in [0, 0.1) is 13.8 Å². The zero-order valence-electron chi connectivity index (χ0n) is 16.9. The summed E-state index contributed by atoms with van der Waals surface area (Å²) in [5.41, 5.74) is 5.29. The summed E-state index contributed by atoms with van der Waals surface area (Å²) in [6.07, 6.45) is 1.69. The number of rotatable bonds is 4. The maximum atomic E-state index is 13.0. The number of anilines is 3. The molecule has 5 heteroatoms. The molecule has 2 aromatic carbocycles. The van der Waals surface area contributed by atoms with Crippen LogP contribution in [0.5, 0.6) is 0 Å². The molecule has 0 bridgehead atoms. The summed E-state index contributed by atoms with van der Waals surface area (Å²) in [7, 11) is 0. The molecule has 148 valence electrons. The minimum absolute atomic E-state index is 0.0589. The third-order valence-electron chi connectivity index (χ3n) is 5.23. The van der Waals surface area contributed by atoms with Crippen LogP contribution in [-0.4, -0.2) is 42.0 Å². The van der Waals surface area contributed by atoms with Crippen molar-refractivity contribution in [3.8, 4) is 0 Å². The highest BCUT2D eigenvalue weighted by Crippen LogP contribution is 2.20. The lowest BCUT2D eigenvalue weighted by Gasteiger charge is -2.36. The fourth-order valence-electron chi connectivity index (χ4n) is 3.68. The van der Waals surface area contributed by atoms with Gasteiger partial charge in [-0.2, -0.15) is 0 Å². The standard InChI is InChI=1S/C24H26N4O/c1-18-5-3-7-21(15-18)26-23-17-20(9-10-25-23)24(29)28-13-11-27(12-14-28)22-8-4-6-19(2)16-22/h3-10,15-17H,11-14H2,1-2H3,(H,25,26). The minimum atomic E-state index is 0.0589. The Labute approximate surface area is 172 Å². The first-order chi connectivity index (χ1) is 14.1. The molecule has 0 aliphatic carbocycles. The maximum absolute atomic E-state index is 13.0. The highest BCUT2D eigenvalue weighted by Gasteiger charge is 2.22. The van der Waals surface area contributed by atoms with E-state index in [2.05, 4.69) is 65.4 Å². The average molecular weight is 386 g/mol. The number of piperazine rings is 1. The third-order valence-corrected chi connectivity index (χ3v) is 5.23. The van der Waals surface area contributed by atoms with Crippen LogP contribution in [0.2, 0.25) is 0 Å². The van der Waals surface area contributed by atoms with E-state index < -0.39 is 0 Å². The lowest BCUT2D eigenvalue weighted by Crippen LogP contribution is -2.48. The van der Waals surface area contributed by atoms with E-state index >= 15 is 0 Å². The number of aromatic nitrogens is 1. The molecule has 29 heavy (non-hydrogen) atoms. The summed E-state index contributed by atoms with van der Waals surface area (Å²) >= 11 is 0. The number of pyridine rings is 1. The van der Waals surface area contributed by atoms with E-state index in [0.29, 0.717) is 11.4 Å². The molecule has 0 radical (unpaired) electrons. The fourth-order valence-corrected chi connectivity index (χ4v) is 3.68. The quantitative estimate of drug-likeness (QED) is 0.722. The second kappa shape index (κ2) is 8.35. The molecular weight excluding hydrogens is 360 g/mol. The van der Waals surface area contributed by atoms with E-state index in [1.807, 2.05) is 23.1 Å². The van der Waals surface area contributed by atoms with Crippen molar-refractivity contribution in [3.63, 3.8) is 0 Å². The highest BCUT2D eigenvalue weighted by atomic mass is 16.2. The molecule has 4 rings (SSSR count). The topological polar surface area (TPSA) is 48.5 Å². The van der Waals surface area contributed by atoms with Gasteiger partial charge in [0.25, 0.3) is 5.91 Å². The second-order valence-corrected chi connectivity index (χ2v) is 7.54. The third kappa shape index (κ3) is 4.57. The lowest BCUT2D eigenvalue weighted by atomic mass is 10.1. The van der Waals surface area contributed by atoms with E-state index in [4.69, 9.17) is 0 Å². The van der Waals surface area contributed by atoms with Crippen molar-refractivity contribution in [2.24, 2.45) is 0 Å². The molecule has 0 spiro atoms. The van der Waals surface area contributed by atoms with Crippen molar-refractivity contribution in [1.29, 1.82) is 0 Å². The smallest absolute Gasteiger partial charge is 0.254 e.